The fraction of sp³-hybridized carbons (Fsp3) is 0.276. The minimum absolute atomic E-state index is 0.0554. The number of hydrogen-bond acceptors (Lipinski definition) is 6. The van der Waals surface area contributed by atoms with E-state index in [4.69, 9.17) is 19.8 Å². The minimum Gasteiger partial charge on any atom is -0.493 e. The third kappa shape index (κ3) is 6.87. The number of nitrogens with one attached hydrogen (secondary N) is 1. The molecule has 1 aromatic heterocycles. The summed E-state index contributed by atoms with van der Waals surface area (Å²) < 4.78 is 19.2. The fourth-order valence-corrected chi connectivity index (χ4v) is 4.31. The third-order valence-corrected chi connectivity index (χ3v) is 6.16. The first-order valence-corrected chi connectivity index (χ1v) is 12.3. The quantitative estimate of drug-likeness (QED) is 0.245. The van der Waals surface area contributed by atoms with Crippen LogP contribution >= 0.6 is 0 Å². The second-order valence-electron chi connectivity index (χ2n) is 8.80. The smallest absolute Gasteiger partial charge is 0.303 e. The van der Waals surface area contributed by atoms with Gasteiger partial charge in [-0.15, -0.1) is 0 Å². The van der Waals surface area contributed by atoms with Gasteiger partial charge in [-0.2, -0.15) is 0 Å². The van der Waals surface area contributed by atoms with Crippen molar-refractivity contribution in [1.82, 2.24) is 15.3 Å². The van der Waals surface area contributed by atoms with Gasteiger partial charge in [-0.3, -0.25) is 10.1 Å². The van der Waals surface area contributed by atoms with Gasteiger partial charge in [0, 0.05) is 30.0 Å². The number of hydrogen-bond donors (Lipinski definition) is 3. The zero-order valence-corrected chi connectivity index (χ0v) is 20.4. The van der Waals surface area contributed by atoms with Gasteiger partial charge in [0.1, 0.15) is 17.8 Å². The number of fused-ring (bicyclic) bond motifs is 1. The molecule has 0 saturated carbocycles. The molecular weight excluding hydrogens is 473 g/mol. The second kappa shape index (κ2) is 12.4. The summed E-state index contributed by atoms with van der Waals surface area (Å²) in [5.41, 5.74) is 4.03. The Hall–Kier alpha value is -3.88. The van der Waals surface area contributed by atoms with E-state index in [9.17, 15) is 14.3 Å². The minimum atomic E-state index is -0.939. The van der Waals surface area contributed by atoms with Gasteiger partial charge in [-0.1, -0.05) is 24.8 Å². The van der Waals surface area contributed by atoms with Crippen LogP contribution in [-0.2, 0) is 11.2 Å². The van der Waals surface area contributed by atoms with Crippen molar-refractivity contribution in [2.24, 2.45) is 0 Å². The van der Waals surface area contributed by atoms with Gasteiger partial charge in [0.2, 0.25) is 0 Å². The molecule has 37 heavy (non-hydrogen) atoms. The van der Waals surface area contributed by atoms with E-state index >= 15 is 0 Å². The van der Waals surface area contributed by atoms with Gasteiger partial charge in [-0.05, 0) is 67.8 Å². The van der Waals surface area contributed by atoms with Crippen LogP contribution in [0.4, 0.5) is 4.39 Å². The molecule has 7 nitrogen and oxygen atoms in total. The first-order valence-electron chi connectivity index (χ1n) is 12.3. The molecule has 0 saturated heterocycles. The van der Waals surface area contributed by atoms with Crippen LogP contribution in [0.1, 0.15) is 54.4 Å². The number of carbonyl (C=O) groups is 1. The number of benzene rings is 2. The van der Waals surface area contributed by atoms with E-state index in [2.05, 4.69) is 11.9 Å². The molecule has 2 heterocycles. The molecule has 8 heteroatoms. The van der Waals surface area contributed by atoms with Crippen LogP contribution in [0.25, 0.3) is 23.4 Å². The molecule has 0 bridgehead atoms. The fourth-order valence-electron chi connectivity index (χ4n) is 4.31. The van der Waals surface area contributed by atoms with Gasteiger partial charge in [0.05, 0.1) is 29.4 Å². The number of rotatable bonds is 11. The van der Waals surface area contributed by atoms with E-state index in [1.807, 2.05) is 24.3 Å². The Balaban J connectivity index is 1.57. The predicted octanol–water partition coefficient (Wildman–Crippen LogP) is 5.17. The molecule has 0 radical (unpaired) electrons. The average molecular weight is 504 g/mol. The van der Waals surface area contributed by atoms with Crippen molar-refractivity contribution in [3.63, 3.8) is 0 Å². The third-order valence-electron chi connectivity index (χ3n) is 6.16. The topological polar surface area (TPSA) is 105 Å². The van der Waals surface area contributed by atoms with Crippen LogP contribution in [-0.4, -0.2) is 39.0 Å². The maximum Gasteiger partial charge on any atom is 0.303 e. The number of ether oxygens (including phenoxy) is 1. The van der Waals surface area contributed by atoms with Gasteiger partial charge >= 0.3 is 5.97 Å². The van der Waals surface area contributed by atoms with Crippen molar-refractivity contribution < 1.29 is 24.1 Å². The van der Waals surface area contributed by atoms with Crippen molar-refractivity contribution in [3.05, 3.63) is 89.6 Å². The molecule has 0 amide bonds. The highest BCUT2D eigenvalue weighted by Crippen LogP contribution is 2.32. The first-order chi connectivity index (χ1) is 17.9. The second-order valence-corrected chi connectivity index (χ2v) is 8.80. The summed E-state index contributed by atoms with van der Waals surface area (Å²) in [5, 5.41) is 22.9. The van der Waals surface area contributed by atoms with Gasteiger partial charge in [0.25, 0.3) is 0 Å². The number of carboxylic acids is 1. The molecule has 192 valence electrons. The van der Waals surface area contributed by atoms with E-state index in [-0.39, 0.29) is 18.3 Å². The largest absolute Gasteiger partial charge is 0.493 e. The molecule has 1 aliphatic rings. The van der Waals surface area contributed by atoms with E-state index in [0.717, 1.165) is 17.7 Å². The first kappa shape index (κ1) is 26.2. The Morgan fingerprint density at radius 1 is 1.16 bits per heavy atom. The lowest BCUT2D eigenvalue weighted by atomic mass is 10.0. The number of aromatic nitrogens is 2. The van der Waals surface area contributed by atoms with Crippen molar-refractivity contribution >= 4 is 18.1 Å². The van der Waals surface area contributed by atoms with Crippen LogP contribution in [0.15, 0.2) is 61.2 Å². The molecule has 2 atom stereocenters. The monoisotopic (exact) mass is 503 g/mol. The number of aliphatic hydroxyl groups is 1. The number of carboxylic acid groups (broad SMARTS) is 1. The van der Waals surface area contributed by atoms with Crippen LogP contribution in [0.2, 0.25) is 0 Å². The normalized spacial score (nSPS) is 15.7. The Kier molecular flexibility index (Phi) is 8.77. The molecular formula is C29H30FN3O4. The van der Waals surface area contributed by atoms with Crippen molar-refractivity contribution in [1.29, 1.82) is 0 Å². The lowest BCUT2D eigenvalue weighted by Gasteiger charge is -2.28. The van der Waals surface area contributed by atoms with E-state index in [1.54, 1.807) is 30.4 Å². The molecule has 0 fully saturated rings. The summed E-state index contributed by atoms with van der Waals surface area (Å²) in [6, 6.07) is 13.7. The Labute approximate surface area is 215 Å². The molecule has 0 aliphatic carbocycles. The summed E-state index contributed by atoms with van der Waals surface area (Å²) in [7, 11) is 0. The number of aliphatic hydroxyl groups excluding tert-OH is 1. The molecule has 2 unspecified atom stereocenters. The zero-order valence-electron chi connectivity index (χ0n) is 20.4. The number of para-hydroxylation sites is 1. The molecule has 3 N–H and O–H groups in total. The number of aryl methyl sites for hydroxylation is 1. The Morgan fingerprint density at radius 2 is 1.95 bits per heavy atom. The van der Waals surface area contributed by atoms with Crippen molar-refractivity contribution in [2.45, 2.75) is 44.4 Å². The molecule has 3 aromatic rings. The van der Waals surface area contributed by atoms with Gasteiger partial charge < -0.3 is 14.9 Å². The number of aliphatic carboxylic acids is 1. The maximum atomic E-state index is 13.5. The Bertz CT molecular complexity index is 1280. The van der Waals surface area contributed by atoms with Gasteiger partial charge in [0.15, 0.2) is 0 Å². The van der Waals surface area contributed by atoms with Crippen LogP contribution in [0, 0.1) is 5.82 Å². The lowest BCUT2D eigenvalue weighted by molar-refractivity contribution is -0.137. The van der Waals surface area contributed by atoms with Crippen LogP contribution in [0.5, 0.6) is 5.75 Å². The summed E-state index contributed by atoms with van der Waals surface area (Å²) in [6.07, 6.45) is 6.38. The standard InChI is InChI=1S/C29H30FN3O4/c1-2-22-24(15-16-27(34)32-23-17-18-37-26-9-5-3-7-21(23)26)31-25(8-4-6-10-28(35)36)29(33-22)19-11-13-20(30)14-12-19/h2-3,5,7,9,11-16,23,27,32,34H,1,4,6,8,10,17-18H2,(H,35,36)/b16-15+. The highest BCUT2D eigenvalue weighted by molar-refractivity contribution is 5.68. The SMILES string of the molecule is C=Cc1nc(-c2ccc(F)cc2)c(CCCCC(=O)O)nc1/C=C/C(O)NC1CCOc2ccccc21. The highest BCUT2D eigenvalue weighted by Gasteiger charge is 2.22. The van der Waals surface area contributed by atoms with Crippen molar-refractivity contribution in [2.75, 3.05) is 6.61 Å². The zero-order chi connectivity index (χ0) is 26.2. The highest BCUT2D eigenvalue weighted by atomic mass is 19.1. The number of halogens is 1. The number of unbranched alkanes of at least 4 members (excludes halogenated alkanes) is 1. The predicted molar refractivity (Wildman–Crippen MR) is 140 cm³/mol. The van der Waals surface area contributed by atoms with Crippen LogP contribution < -0.4 is 10.1 Å². The summed E-state index contributed by atoms with van der Waals surface area (Å²) in [5.74, 6) is -0.382. The molecule has 4 rings (SSSR count). The summed E-state index contributed by atoms with van der Waals surface area (Å²) in [6.45, 7) is 4.42. The van der Waals surface area contributed by atoms with Crippen molar-refractivity contribution in [3.8, 4) is 17.0 Å². The molecule has 1 aliphatic heterocycles. The van der Waals surface area contributed by atoms with Crippen LogP contribution in [0.3, 0.4) is 0 Å². The maximum absolute atomic E-state index is 13.5. The summed E-state index contributed by atoms with van der Waals surface area (Å²) in [4.78, 5) is 20.4. The average Bonchev–Trinajstić information content (AvgIpc) is 2.90. The number of nitrogens with zero attached hydrogens (tertiary/aromatic N) is 2. The Morgan fingerprint density at radius 3 is 2.70 bits per heavy atom. The molecule has 2 aromatic carbocycles. The van der Waals surface area contributed by atoms with E-state index in [1.165, 1.54) is 12.1 Å². The van der Waals surface area contributed by atoms with E-state index in [0.29, 0.717) is 54.2 Å². The lowest BCUT2D eigenvalue weighted by Crippen LogP contribution is -2.34. The van der Waals surface area contributed by atoms with Gasteiger partial charge in [-0.25, -0.2) is 14.4 Å². The summed E-state index contributed by atoms with van der Waals surface area (Å²) >= 11 is 0. The van der Waals surface area contributed by atoms with E-state index < -0.39 is 12.2 Å². The molecule has 0 spiro atoms.